The van der Waals surface area contributed by atoms with Crippen molar-refractivity contribution in [1.82, 2.24) is 9.62 Å². The molecule has 0 unspecified atom stereocenters. The normalized spacial score (nSPS) is 16.9. The number of benzene rings is 2. The van der Waals surface area contributed by atoms with Crippen molar-refractivity contribution in [2.75, 3.05) is 63.2 Å². The van der Waals surface area contributed by atoms with Gasteiger partial charge in [0, 0.05) is 62.8 Å². The van der Waals surface area contributed by atoms with Gasteiger partial charge in [-0.05, 0) is 37.7 Å². The Morgan fingerprint density at radius 1 is 1.00 bits per heavy atom. The van der Waals surface area contributed by atoms with E-state index >= 15 is 0 Å². The average Bonchev–Trinajstić information content (AvgIpc) is 3.23. The van der Waals surface area contributed by atoms with E-state index in [1.807, 2.05) is 16.7 Å². The van der Waals surface area contributed by atoms with Crippen LogP contribution in [0.4, 0.5) is 15.8 Å². The number of amides is 1. The lowest BCUT2D eigenvalue weighted by atomic mass is 10.1. The molecule has 2 aliphatic rings. The number of fused-ring (bicyclic) bond motifs is 1. The van der Waals surface area contributed by atoms with Crippen molar-refractivity contribution in [3.05, 3.63) is 48.0 Å². The average molecular weight is 503 g/mol. The van der Waals surface area contributed by atoms with Gasteiger partial charge in [-0.1, -0.05) is 0 Å². The van der Waals surface area contributed by atoms with Gasteiger partial charge in [0.2, 0.25) is 0 Å². The van der Waals surface area contributed by atoms with E-state index in [0.717, 1.165) is 51.4 Å². The van der Waals surface area contributed by atoms with Crippen LogP contribution in [0.5, 0.6) is 5.75 Å². The van der Waals surface area contributed by atoms with Gasteiger partial charge in [-0.15, -0.1) is 0 Å². The summed E-state index contributed by atoms with van der Waals surface area (Å²) in [5, 5.41) is 0.117. The maximum Gasteiger partial charge on any atom is 0.300 e. The second-order valence-corrected chi connectivity index (χ2v) is 10.5. The van der Waals surface area contributed by atoms with Gasteiger partial charge in [-0.3, -0.25) is 4.79 Å². The number of sulfonamides is 1. The van der Waals surface area contributed by atoms with Crippen LogP contribution in [0.3, 0.4) is 0 Å². The number of carbonyl (C=O) groups excluding carboxylic acids is 1. The second kappa shape index (κ2) is 9.04. The quantitative estimate of drug-likeness (QED) is 0.550. The summed E-state index contributed by atoms with van der Waals surface area (Å²) >= 11 is 0. The Hall–Kier alpha value is -3.31. The Labute approximate surface area is 203 Å². The Morgan fingerprint density at radius 2 is 1.71 bits per heavy atom. The van der Waals surface area contributed by atoms with E-state index in [4.69, 9.17) is 9.15 Å². The number of anilines is 2. The summed E-state index contributed by atoms with van der Waals surface area (Å²) in [6.45, 7) is 4.86. The van der Waals surface area contributed by atoms with Crippen LogP contribution in [-0.4, -0.2) is 72.7 Å². The molecule has 1 aromatic heterocycles. The summed E-state index contributed by atoms with van der Waals surface area (Å²) in [7, 11) is -0.911. The molecular formula is C24H27FN4O5S. The summed E-state index contributed by atoms with van der Waals surface area (Å²) in [4.78, 5) is 19.0. The number of nitrogens with zero attached hydrogens (tertiary/aromatic N) is 3. The fourth-order valence-electron chi connectivity index (χ4n) is 4.32. The highest BCUT2D eigenvalue weighted by atomic mass is 32.2. The summed E-state index contributed by atoms with van der Waals surface area (Å²) in [6, 6.07) is 9.13. The van der Waals surface area contributed by atoms with Gasteiger partial charge in [0.15, 0.2) is 5.76 Å². The molecule has 3 aromatic rings. The number of furan rings is 1. The minimum atomic E-state index is -4.31. The lowest BCUT2D eigenvalue weighted by molar-refractivity contribution is 0.0956. The number of ether oxygens (including phenoxy) is 1. The van der Waals surface area contributed by atoms with E-state index in [1.165, 1.54) is 25.3 Å². The van der Waals surface area contributed by atoms with Gasteiger partial charge < -0.3 is 23.9 Å². The molecular weight excluding hydrogens is 475 g/mol. The monoisotopic (exact) mass is 502 g/mol. The first-order valence-electron chi connectivity index (χ1n) is 11.4. The van der Waals surface area contributed by atoms with Crippen LogP contribution in [0.1, 0.15) is 17.0 Å². The number of hydrogen-bond acceptors (Lipinski definition) is 8. The summed E-state index contributed by atoms with van der Waals surface area (Å²) in [5.74, 6) is -1.70. The molecule has 2 saturated heterocycles. The highest BCUT2D eigenvalue weighted by molar-refractivity contribution is 7.90. The number of carbonyl (C=O) groups is 1. The Kier molecular flexibility index (Phi) is 6.06. The third-order valence-electron chi connectivity index (χ3n) is 6.55. The molecule has 186 valence electrons. The molecule has 35 heavy (non-hydrogen) atoms. The number of rotatable bonds is 6. The van der Waals surface area contributed by atoms with E-state index in [-0.39, 0.29) is 27.4 Å². The van der Waals surface area contributed by atoms with Crippen molar-refractivity contribution >= 4 is 38.3 Å². The Morgan fingerprint density at radius 3 is 2.37 bits per heavy atom. The maximum absolute atomic E-state index is 14.6. The van der Waals surface area contributed by atoms with Crippen molar-refractivity contribution in [1.29, 1.82) is 0 Å². The molecule has 2 aliphatic heterocycles. The molecule has 1 N–H and O–H groups in total. The summed E-state index contributed by atoms with van der Waals surface area (Å²) in [6.07, 6.45) is 1.03. The fourth-order valence-corrected chi connectivity index (χ4v) is 5.46. The zero-order valence-electron chi connectivity index (χ0n) is 19.6. The predicted octanol–water partition coefficient (Wildman–Crippen LogP) is 2.66. The molecule has 0 saturated carbocycles. The molecule has 0 aliphatic carbocycles. The van der Waals surface area contributed by atoms with E-state index < -0.39 is 21.7 Å². The minimum Gasteiger partial charge on any atom is -0.495 e. The number of hydrogen-bond donors (Lipinski definition) is 1. The van der Waals surface area contributed by atoms with Crippen LogP contribution in [-0.2, 0) is 10.0 Å². The molecule has 9 nitrogen and oxygen atoms in total. The fraction of sp³-hybridized carbons (Fsp3) is 0.375. The Balaban J connectivity index is 1.41. The molecule has 5 rings (SSSR count). The lowest BCUT2D eigenvalue weighted by Gasteiger charge is -2.34. The van der Waals surface area contributed by atoms with Crippen LogP contribution in [0.2, 0.25) is 0 Å². The lowest BCUT2D eigenvalue weighted by Crippen LogP contribution is -2.44. The largest absolute Gasteiger partial charge is 0.495 e. The SMILES string of the molecule is COc1ccc(N2CCN(C)CC2)cc1S(=O)(=O)NC(=O)c1cc2c(F)cc(N3CCC3)cc2o1. The van der Waals surface area contributed by atoms with Crippen molar-refractivity contribution in [2.45, 2.75) is 11.3 Å². The third-order valence-corrected chi connectivity index (χ3v) is 7.90. The molecule has 0 atom stereocenters. The second-order valence-electron chi connectivity index (χ2n) is 8.85. The topological polar surface area (TPSA) is 95.3 Å². The molecule has 2 fully saturated rings. The van der Waals surface area contributed by atoms with Gasteiger partial charge in [0.1, 0.15) is 22.0 Å². The van der Waals surface area contributed by atoms with Gasteiger partial charge >= 0.3 is 5.91 Å². The summed E-state index contributed by atoms with van der Waals surface area (Å²) < 4.78 is 53.9. The van der Waals surface area contributed by atoms with Crippen molar-refractivity contribution < 1.29 is 26.8 Å². The van der Waals surface area contributed by atoms with Crippen LogP contribution >= 0.6 is 0 Å². The molecule has 0 radical (unpaired) electrons. The zero-order valence-corrected chi connectivity index (χ0v) is 20.4. The molecule has 2 aromatic carbocycles. The van der Waals surface area contributed by atoms with E-state index in [2.05, 4.69) is 9.80 Å². The molecule has 0 spiro atoms. The number of nitrogens with one attached hydrogen (secondary N) is 1. The highest BCUT2D eigenvalue weighted by Crippen LogP contribution is 2.32. The minimum absolute atomic E-state index is 0.109. The maximum atomic E-state index is 14.6. The zero-order chi connectivity index (χ0) is 24.7. The van der Waals surface area contributed by atoms with E-state index in [0.29, 0.717) is 5.69 Å². The smallest absolute Gasteiger partial charge is 0.300 e. The van der Waals surface area contributed by atoms with Crippen LogP contribution < -0.4 is 19.3 Å². The highest BCUT2D eigenvalue weighted by Gasteiger charge is 2.27. The molecule has 3 heterocycles. The van der Waals surface area contributed by atoms with Crippen molar-refractivity contribution in [3.8, 4) is 5.75 Å². The Bertz CT molecular complexity index is 1380. The van der Waals surface area contributed by atoms with E-state index in [9.17, 15) is 17.6 Å². The van der Waals surface area contributed by atoms with Gasteiger partial charge in [-0.25, -0.2) is 17.5 Å². The van der Waals surface area contributed by atoms with E-state index in [1.54, 1.807) is 18.2 Å². The number of methoxy groups -OCH3 is 1. The number of halogens is 1. The standard InChI is InChI=1S/C24H27FN4O5S/c1-27-8-10-29(11-9-27)16-4-5-20(33-2)23(14-16)35(31,32)26-24(30)22-15-18-19(25)12-17(13-21(18)34-22)28-6-3-7-28/h4-5,12-15H,3,6-11H2,1-2H3,(H,26,30). The summed E-state index contributed by atoms with van der Waals surface area (Å²) in [5.41, 5.74) is 1.57. The molecule has 11 heteroatoms. The first-order chi connectivity index (χ1) is 16.7. The third kappa shape index (κ3) is 4.53. The number of piperazine rings is 1. The van der Waals surface area contributed by atoms with Crippen LogP contribution in [0.25, 0.3) is 11.0 Å². The van der Waals surface area contributed by atoms with Crippen molar-refractivity contribution in [2.24, 2.45) is 0 Å². The van der Waals surface area contributed by atoms with Crippen molar-refractivity contribution in [3.63, 3.8) is 0 Å². The van der Waals surface area contributed by atoms with Crippen LogP contribution in [0.15, 0.2) is 45.7 Å². The number of likely N-dealkylation sites (N-methyl/N-ethyl adjacent to an activating group) is 1. The van der Waals surface area contributed by atoms with Gasteiger partial charge in [-0.2, -0.15) is 0 Å². The van der Waals surface area contributed by atoms with Gasteiger partial charge in [0.25, 0.3) is 10.0 Å². The van der Waals surface area contributed by atoms with Crippen LogP contribution in [0, 0.1) is 5.82 Å². The first kappa shape index (κ1) is 23.4. The molecule has 1 amide bonds. The first-order valence-corrected chi connectivity index (χ1v) is 12.9. The predicted molar refractivity (Wildman–Crippen MR) is 130 cm³/mol. The van der Waals surface area contributed by atoms with Gasteiger partial charge in [0.05, 0.1) is 12.5 Å². The molecule has 0 bridgehead atoms.